The van der Waals surface area contributed by atoms with Crippen LogP contribution in [0.5, 0.6) is 0 Å². The first-order valence-corrected chi connectivity index (χ1v) is 12.3. The van der Waals surface area contributed by atoms with Crippen molar-refractivity contribution < 1.29 is 29.1 Å². The van der Waals surface area contributed by atoms with Gasteiger partial charge in [-0.3, -0.25) is 24.2 Å². The van der Waals surface area contributed by atoms with Crippen LogP contribution in [0, 0.1) is 0 Å². The number of nitrogens with zero attached hydrogens (tertiary/aromatic N) is 1. The average molecular weight is 523 g/mol. The molecule has 0 aromatic rings. The van der Waals surface area contributed by atoms with Crippen LogP contribution in [0.1, 0.15) is 25.7 Å². The van der Waals surface area contributed by atoms with Crippen LogP contribution in [0.2, 0.25) is 0 Å². The summed E-state index contributed by atoms with van der Waals surface area (Å²) in [5.41, 5.74) is 21.4. The van der Waals surface area contributed by atoms with E-state index < -0.39 is 60.2 Å². The summed E-state index contributed by atoms with van der Waals surface area (Å²) in [6.07, 6.45) is 1.96. The van der Waals surface area contributed by atoms with Gasteiger partial charge in [-0.15, -0.1) is 0 Å². The maximum atomic E-state index is 12.7. The molecular formula is C18H34N8O6S2. The lowest BCUT2D eigenvalue weighted by Crippen LogP contribution is -2.58. The van der Waals surface area contributed by atoms with Crippen molar-refractivity contribution in [1.29, 1.82) is 0 Å². The van der Waals surface area contributed by atoms with Crippen LogP contribution >= 0.6 is 24.4 Å². The van der Waals surface area contributed by atoms with E-state index in [4.69, 9.17) is 22.9 Å². The Kier molecular flexibility index (Phi) is 15.5. The van der Waals surface area contributed by atoms with Crippen molar-refractivity contribution >= 4 is 59.9 Å². The van der Waals surface area contributed by atoms with E-state index in [2.05, 4.69) is 33.6 Å². The Morgan fingerprint density at radius 3 is 2.00 bits per heavy atom. The molecule has 0 heterocycles. The van der Waals surface area contributed by atoms with Crippen LogP contribution in [0.25, 0.3) is 0 Å². The topological polar surface area (TPSA) is 258 Å². The second-order valence-corrected chi connectivity index (χ2v) is 8.56. The number of aliphatic imine (C=N–C) groups is 1. The number of aliphatic carboxylic acids is 1. The van der Waals surface area contributed by atoms with Crippen molar-refractivity contribution in [2.45, 2.75) is 49.9 Å². The number of carbonyl (C=O) groups excluding carboxylic acids is 4. The van der Waals surface area contributed by atoms with Gasteiger partial charge in [-0.05, 0) is 31.3 Å². The lowest BCUT2D eigenvalue weighted by molar-refractivity contribution is -0.142. The van der Waals surface area contributed by atoms with Gasteiger partial charge in [-0.2, -0.15) is 24.4 Å². The summed E-state index contributed by atoms with van der Waals surface area (Å²) in [4.78, 5) is 64.1. The third-order valence-corrected chi connectivity index (χ3v) is 5.39. The average Bonchev–Trinajstić information content (AvgIpc) is 2.76. The lowest BCUT2D eigenvalue weighted by atomic mass is 10.1. The molecule has 0 aliphatic rings. The van der Waals surface area contributed by atoms with Crippen LogP contribution < -0.4 is 38.9 Å². The van der Waals surface area contributed by atoms with E-state index in [9.17, 15) is 29.1 Å². The molecule has 0 rings (SSSR count). The zero-order valence-corrected chi connectivity index (χ0v) is 20.6. The van der Waals surface area contributed by atoms with Crippen molar-refractivity contribution in [3.05, 3.63) is 0 Å². The molecule has 0 saturated heterocycles. The van der Waals surface area contributed by atoms with E-state index in [1.54, 1.807) is 0 Å². The third-order valence-electron chi connectivity index (χ3n) is 4.38. The second kappa shape index (κ2) is 16.8. The minimum Gasteiger partial charge on any atom is -0.480 e. The van der Waals surface area contributed by atoms with E-state index in [0.29, 0.717) is 12.2 Å². The molecule has 194 valence electrons. The molecule has 12 N–H and O–H groups in total. The Hall–Kier alpha value is -2.72. The molecule has 0 spiro atoms. The van der Waals surface area contributed by atoms with Gasteiger partial charge in [0.25, 0.3) is 0 Å². The first-order chi connectivity index (χ1) is 15.9. The highest BCUT2D eigenvalue weighted by Gasteiger charge is 2.30. The minimum atomic E-state index is -1.38. The van der Waals surface area contributed by atoms with Crippen LogP contribution in [-0.4, -0.2) is 89.1 Å². The first-order valence-electron chi connectivity index (χ1n) is 10.3. The van der Waals surface area contributed by atoms with Gasteiger partial charge in [0.15, 0.2) is 5.96 Å². The minimum absolute atomic E-state index is 0.0272. The lowest BCUT2D eigenvalue weighted by Gasteiger charge is -2.24. The molecule has 0 bridgehead atoms. The predicted octanol–water partition coefficient (Wildman–Crippen LogP) is -3.54. The molecule has 4 atom stereocenters. The number of amides is 4. The molecule has 0 aromatic carbocycles. The molecule has 0 saturated carbocycles. The number of nitrogens with one attached hydrogen (secondary N) is 3. The molecule has 16 heteroatoms. The normalized spacial score (nSPS) is 14.1. The van der Waals surface area contributed by atoms with Gasteiger partial charge in [-0.25, -0.2) is 4.79 Å². The van der Waals surface area contributed by atoms with Gasteiger partial charge >= 0.3 is 5.97 Å². The highest BCUT2D eigenvalue weighted by atomic mass is 32.2. The predicted molar refractivity (Wildman–Crippen MR) is 132 cm³/mol. The number of thioether (sulfide) groups is 1. The summed E-state index contributed by atoms with van der Waals surface area (Å²) in [7, 11) is 0. The molecular weight excluding hydrogens is 488 g/mol. The summed E-state index contributed by atoms with van der Waals surface area (Å²) in [5.74, 6) is -4.23. The number of carboxylic acid groups (broad SMARTS) is 1. The van der Waals surface area contributed by atoms with E-state index in [0.717, 1.165) is 0 Å². The van der Waals surface area contributed by atoms with E-state index in [1.807, 2.05) is 6.26 Å². The van der Waals surface area contributed by atoms with Crippen molar-refractivity contribution in [2.75, 3.05) is 24.3 Å². The zero-order valence-electron chi connectivity index (χ0n) is 18.9. The Morgan fingerprint density at radius 1 is 0.941 bits per heavy atom. The summed E-state index contributed by atoms with van der Waals surface area (Å²) < 4.78 is 0. The molecule has 4 amide bonds. The van der Waals surface area contributed by atoms with E-state index in [-0.39, 0.29) is 31.1 Å². The van der Waals surface area contributed by atoms with Gasteiger partial charge in [-0.1, -0.05) is 0 Å². The maximum absolute atomic E-state index is 12.7. The highest BCUT2D eigenvalue weighted by Crippen LogP contribution is 2.03. The molecule has 34 heavy (non-hydrogen) atoms. The summed E-state index contributed by atoms with van der Waals surface area (Å²) >= 11 is 5.51. The summed E-state index contributed by atoms with van der Waals surface area (Å²) in [6.45, 7) is 0.169. The third kappa shape index (κ3) is 13.1. The standard InChI is InChI=1S/C18H34N8O6S2/c1-34-6-4-9(19)14(28)25-11(7-13(20)27)15(29)26-12(8-33)16(30)24-10(17(31)32)3-2-5-23-18(21)22/h9-12,33H,2-8,19H2,1H3,(H2,20,27)(H,24,30)(H,25,28)(H,26,29)(H,31,32)(H4,21,22,23). The molecule has 0 radical (unpaired) electrons. The Bertz CT molecular complexity index is 750. The first kappa shape index (κ1) is 31.3. The largest absolute Gasteiger partial charge is 0.480 e. The number of thiol groups is 1. The summed E-state index contributed by atoms with van der Waals surface area (Å²) in [5, 5.41) is 16.4. The van der Waals surface area contributed by atoms with Crippen molar-refractivity contribution in [3.63, 3.8) is 0 Å². The smallest absolute Gasteiger partial charge is 0.326 e. The van der Waals surface area contributed by atoms with Crippen molar-refractivity contribution in [2.24, 2.45) is 27.9 Å². The van der Waals surface area contributed by atoms with E-state index in [1.165, 1.54) is 11.8 Å². The van der Waals surface area contributed by atoms with Gasteiger partial charge in [0.1, 0.15) is 18.1 Å². The van der Waals surface area contributed by atoms with Gasteiger partial charge < -0.3 is 44.0 Å². The van der Waals surface area contributed by atoms with Crippen LogP contribution in [0.15, 0.2) is 4.99 Å². The Morgan fingerprint density at radius 2 is 1.50 bits per heavy atom. The number of primary amides is 1. The molecule has 0 aromatic heterocycles. The zero-order chi connectivity index (χ0) is 26.3. The number of nitrogens with two attached hydrogens (primary N) is 4. The number of rotatable bonds is 17. The van der Waals surface area contributed by atoms with Gasteiger partial charge in [0, 0.05) is 12.3 Å². The van der Waals surface area contributed by atoms with Crippen molar-refractivity contribution in [3.8, 4) is 0 Å². The van der Waals surface area contributed by atoms with E-state index >= 15 is 0 Å². The monoisotopic (exact) mass is 522 g/mol. The van der Waals surface area contributed by atoms with Crippen LogP contribution in [0.3, 0.4) is 0 Å². The SMILES string of the molecule is CSCCC(N)C(=O)NC(CC(N)=O)C(=O)NC(CS)C(=O)NC(CCCN=C(N)N)C(=O)O. The molecule has 0 aliphatic heterocycles. The quantitative estimate of drug-likeness (QED) is 0.0393. The fourth-order valence-electron chi connectivity index (χ4n) is 2.56. The number of hydrogen-bond donors (Lipinski definition) is 9. The molecule has 0 fully saturated rings. The maximum Gasteiger partial charge on any atom is 0.326 e. The number of guanidine groups is 1. The number of carbonyl (C=O) groups is 5. The second-order valence-electron chi connectivity index (χ2n) is 7.21. The fourth-order valence-corrected chi connectivity index (χ4v) is 3.31. The fraction of sp³-hybridized carbons (Fsp3) is 0.667. The Balaban J connectivity index is 5.17. The molecule has 14 nitrogen and oxygen atoms in total. The van der Waals surface area contributed by atoms with Gasteiger partial charge in [0.05, 0.1) is 12.5 Å². The highest BCUT2D eigenvalue weighted by molar-refractivity contribution is 7.98. The molecule has 0 aliphatic carbocycles. The molecule has 4 unspecified atom stereocenters. The number of carboxylic acids is 1. The van der Waals surface area contributed by atoms with Crippen LogP contribution in [-0.2, 0) is 24.0 Å². The number of hydrogen-bond acceptors (Lipinski definition) is 9. The van der Waals surface area contributed by atoms with Crippen molar-refractivity contribution in [1.82, 2.24) is 16.0 Å². The van der Waals surface area contributed by atoms with Gasteiger partial charge in [0.2, 0.25) is 23.6 Å². The Labute approximate surface area is 207 Å². The summed E-state index contributed by atoms with van der Waals surface area (Å²) in [6, 6.07) is -4.81. The van der Waals surface area contributed by atoms with Crippen LogP contribution in [0.4, 0.5) is 0 Å².